The number of carbonyl (C=O) groups excluding carboxylic acids is 2. The molecule has 1 aromatic rings. The van der Waals surface area contributed by atoms with E-state index in [1.807, 2.05) is 12.2 Å². The van der Waals surface area contributed by atoms with E-state index in [-0.39, 0.29) is 5.91 Å². The summed E-state index contributed by atoms with van der Waals surface area (Å²) in [7, 11) is 1.58. The molecule has 0 fully saturated rings. The number of nitrogens with one attached hydrogen (secondary N) is 1. The molecule has 0 spiro atoms. The molecule has 0 saturated carbocycles. The molecule has 0 aromatic heterocycles. The SMILES string of the molecule is COc1ccc(C=O)c(C=CCCNC(C)=O)c1. The highest BCUT2D eigenvalue weighted by molar-refractivity contribution is 5.82. The standard InChI is InChI=1S/C14H17NO3/c1-11(17)15-8-4-3-5-12-9-14(18-2)7-6-13(12)10-16/h3,5-7,9-10H,4,8H2,1-2H3,(H,15,17). The molecule has 1 amide bonds. The zero-order chi connectivity index (χ0) is 13.4. The van der Waals surface area contributed by atoms with Crippen molar-refractivity contribution in [1.29, 1.82) is 0 Å². The van der Waals surface area contributed by atoms with E-state index in [9.17, 15) is 9.59 Å². The number of hydrogen-bond acceptors (Lipinski definition) is 3. The Bertz CT molecular complexity index is 452. The molecule has 0 unspecified atom stereocenters. The molecule has 4 heteroatoms. The molecule has 1 N–H and O–H groups in total. The van der Waals surface area contributed by atoms with Crippen molar-refractivity contribution in [2.45, 2.75) is 13.3 Å². The lowest BCUT2D eigenvalue weighted by molar-refractivity contribution is -0.118. The first-order valence-corrected chi connectivity index (χ1v) is 5.71. The van der Waals surface area contributed by atoms with E-state index in [0.29, 0.717) is 17.9 Å². The lowest BCUT2D eigenvalue weighted by atomic mass is 10.1. The van der Waals surface area contributed by atoms with E-state index in [4.69, 9.17) is 4.74 Å². The summed E-state index contributed by atoms with van der Waals surface area (Å²) >= 11 is 0. The smallest absolute Gasteiger partial charge is 0.216 e. The number of methoxy groups -OCH3 is 1. The Labute approximate surface area is 107 Å². The van der Waals surface area contributed by atoms with E-state index in [2.05, 4.69) is 5.32 Å². The molecule has 18 heavy (non-hydrogen) atoms. The molecule has 96 valence electrons. The third kappa shape index (κ3) is 4.41. The fourth-order valence-corrected chi connectivity index (χ4v) is 1.47. The highest BCUT2D eigenvalue weighted by Gasteiger charge is 2.00. The van der Waals surface area contributed by atoms with Crippen LogP contribution >= 0.6 is 0 Å². The molecule has 1 rings (SSSR count). The van der Waals surface area contributed by atoms with Gasteiger partial charge in [-0.1, -0.05) is 12.2 Å². The van der Waals surface area contributed by atoms with E-state index in [1.54, 1.807) is 25.3 Å². The van der Waals surface area contributed by atoms with Crippen LogP contribution in [0.1, 0.15) is 29.3 Å². The number of benzene rings is 1. The van der Waals surface area contributed by atoms with Gasteiger partial charge in [-0.15, -0.1) is 0 Å². The highest BCUT2D eigenvalue weighted by Crippen LogP contribution is 2.17. The van der Waals surface area contributed by atoms with Gasteiger partial charge in [0.25, 0.3) is 0 Å². The van der Waals surface area contributed by atoms with Crippen LogP contribution in [-0.4, -0.2) is 25.8 Å². The second-order valence-corrected chi connectivity index (χ2v) is 3.79. The lowest BCUT2D eigenvalue weighted by Gasteiger charge is -2.03. The zero-order valence-electron chi connectivity index (χ0n) is 10.6. The maximum atomic E-state index is 10.9. The Morgan fingerprint density at radius 2 is 2.17 bits per heavy atom. The summed E-state index contributed by atoms with van der Waals surface area (Å²) in [5.74, 6) is 0.667. The van der Waals surface area contributed by atoms with E-state index in [0.717, 1.165) is 18.3 Å². The van der Waals surface area contributed by atoms with E-state index in [1.165, 1.54) is 6.92 Å². The van der Waals surface area contributed by atoms with Gasteiger partial charge in [-0.3, -0.25) is 9.59 Å². The van der Waals surface area contributed by atoms with Crippen LogP contribution in [0.5, 0.6) is 5.75 Å². The van der Waals surface area contributed by atoms with Crippen molar-refractivity contribution in [3.63, 3.8) is 0 Å². The van der Waals surface area contributed by atoms with Crippen molar-refractivity contribution < 1.29 is 14.3 Å². The second kappa shape index (κ2) is 7.27. The van der Waals surface area contributed by atoms with Gasteiger partial charge in [0, 0.05) is 19.0 Å². The molecule has 0 aliphatic heterocycles. The van der Waals surface area contributed by atoms with Crippen LogP contribution in [0.2, 0.25) is 0 Å². The topological polar surface area (TPSA) is 55.4 Å². The first kappa shape index (κ1) is 14.0. The summed E-state index contributed by atoms with van der Waals surface area (Å²) in [6.07, 6.45) is 5.30. The third-order valence-corrected chi connectivity index (χ3v) is 2.40. The minimum absolute atomic E-state index is 0.0432. The molecule has 0 heterocycles. The molecule has 0 atom stereocenters. The summed E-state index contributed by atoms with van der Waals surface area (Å²) in [5, 5.41) is 2.70. The number of ether oxygens (including phenoxy) is 1. The predicted octanol–water partition coefficient (Wildman–Crippen LogP) is 2.05. The van der Waals surface area contributed by atoms with Crippen molar-refractivity contribution >= 4 is 18.3 Å². The Morgan fingerprint density at radius 1 is 1.39 bits per heavy atom. The van der Waals surface area contributed by atoms with Crippen LogP contribution in [0.25, 0.3) is 6.08 Å². The van der Waals surface area contributed by atoms with Crippen molar-refractivity contribution in [3.8, 4) is 5.75 Å². The molecular weight excluding hydrogens is 230 g/mol. The van der Waals surface area contributed by atoms with Crippen LogP contribution in [-0.2, 0) is 4.79 Å². The third-order valence-electron chi connectivity index (χ3n) is 2.40. The van der Waals surface area contributed by atoms with E-state index < -0.39 is 0 Å². The maximum Gasteiger partial charge on any atom is 0.216 e. The Hall–Kier alpha value is -2.10. The number of carbonyl (C=O) groups is 2. The second-order valence-electron chi connectivity index (χ2n) is 3.79. The molecule has 0 radical (unpaired) electrons. The quantitative estimate of drug-likeness (QED) is 0.618. The summed E-state index contributed by atoms with van der Waals surface area (Å²) < 4.78 is 5.11. The fourth-order valence-electron chi connectivity index (χ4n) is 1.47. The van der Waals surface area contributed by atoms with Crippen LogP contribution in [0.15, 0.2) is 24.3 Å². The number of amides is 1. The molecule has 1 aromatic carbocycles. The van der Waals surface area contributed by atoms with Crippen molar-refractivity contribution in [3.05, 3.63) is 35.4 Å². The van der Waals surface area contributed by atoms with Gasteiger partial charge < -0.3 is 10.1 Å². The number of hydrogen-bond donors (Lipinski definition) is 1. The zero-order valence-corrected chi connectivity index (χ0v) is 10.6. The van der Waals surface area contributed by atoms with Gasteiger partial charge >= 0.3 is 0 Å². The van der Waals surface area contributed by atoms with Gasteiger partial charge in [0.15, 0.2) is 6.29 Å². The summed E-state index contributed by atoms with van der Waals surface area (Å²) in [4.78, 5) is 21.5. The molecule has 0 aliphatic rings. The largest absolute Gasteiger partial charge is 0.497 e. The molecule has 0 saturated heterocycles. The summed E-state index contributed by atoms with van der Waals surface area (Å²) in [6.45, 7) is 2.07. The normalized spacial score (nSPS) is 10.3. The molecule has 0 bridgehead atoms. The molecule has 4 nitrogen and oxygen atoms in total. The van der Waals surface area contributed by atoms with Crippen molar-refractivity contribution in [1.82, 2.24) is 5.32 Å². The van der Waals surface area contributed by atoms with Gasteiger partial charge in [-0.25, -0.2) is 0 Å². The summed E-state index contributed by atoms with van der Waals surface area (Å²) in [5.41, 5.74) is 1.43. The predicted molar refractivity (Wildman–Crippen MR) is 70.7 cm³/mol. The van der Waals surface area contributed by atoms with Crippen LogP contribution in [0.3, 0.4) is 0 Å². The average molecular weight is 247 g/mol. The average Bonchev–Trinajstić information content (AvgIpc) is 2.37. The minimum Gasteiger partial charge on any atom is -0.497 e. The first-order valence-electron chi connectivity index (χ1n) is 5.71. The van der Waals surface area contributed by atoms with Crippen molar-refractivity contribution in [2.24, 2.45) is 0 Å². The molecular formula is C14H17NO3. The fraction of sp³-hybridized carbons (Fsp3) is 0.286. The first-order chi connectivity index (χ1) is 8.67. The number of aldehydes is 1. The highest BCUT2D eigenvalue weighted by atomic mass is 16.5. The lowest BCUT2D eigenvalue weighted by Crippen LogP contribution is -2.20. The van der Waals surface area contributed by atoms with Gasteiger partial charge in [0.1, 0.15) is 5.75 Å². The Balaban J connectivity index is 2.66. The van der Waals surface area contributed by atoms with Crippen LogP contribution in [0.4, 0.5) is 0 Å². The van der Waals surface area contributed by atoms with Crippen LogP contribution in [0, 0.1) is 0 Å². The molecule has 0 aliphatic carbocycles. The van der Waals surface area contributed by atoms with E-state index >= 15 is 0 Å². The van der Waals surface area contributed by atoms with Gasteiger partial charge in [-0.05, 0) is 30.2 Å². The van der Waals surface area contributed by atoms with Gasteiger partial charge in [-0.2, -0.15) is 0 Å². The monoisotopic (exact) mass is 247 g/mol. The van der Waals surface area contributed by atoms with Crippen LogP contribution < -0.4 is 10.1 Å². The maximum absolute atomic E-state index is 10.9. The van der Waals surface area contributed by atoms with Gasteiger partial charge in [0.2, 0.25) is 5.91 Å². The summed E-state index contributed by atoms with van der Waals surface area (Å²) in [6, 6.07) is 5.27. The van der Waals surface area contributed by atoms with Crippen molar-refractivity contribution in [2.75, 3.05) is 13.7 Å². The Kier molecular flexibility index (Phi) is 5.64. The minimum atomic E-state index is -0.0432. The van der Waals surface area contributed by atoms with Gasteiger partial charge in [0.05, 0.1) is 7.11 Å². The number of rotatable bonds is 6. The Morgan fingerprint density at radius 3 is 2.78 bits per heavy atom.